The highest BCUT2D eigenvalue weighted by Gasteiger charge is 2.28. The molecule has 0 bridgehead atoms. The van der Waals surface area contributed by atoms with Crippen molar-refractivity contribution in [2.75, 3.05) is 0 Å². The van der Waals surface area contributed by atoms with Crippen molar-refractivity contribution in [3.05, 3.63) is 71.8 Å². The molecule has 0 aromatic heterocycles. The third kappa shape index (κ3) is 6.84. The van der Waals surface area contributed by atoms with Crippen LogP contribution in [0.25, 0.3) is 0 Å². The fourth-order valence-electron chi connectivity index (χ4n) is 3.32. The summed E-state index contributed by atoms with van der Waals surface area (Å²) in [4.78, 5) is 25.2. The van der Waals surface area contributed by atoms with Crippen LogP contribution in [0, 0.1) is 5.92 Å². The van der Waals surface area contributed by atoms with Crippen molar-refractivity contribution < 1.29 is 9.59 Å². The maximum absolute atomic E-state index is 12.6. The van der Waals surface area contributed by atoms with Gasteiger partial charge in [-0.05, 0) is 42.7 Å². The minimum atomic E-state index is -0.517. The van der Waals surface area contributed by atoms with Gasteiger partial charge in [-0.3, -0.25) is 9.59 Å². The lowest BCUT2D eigenvalue weighted by Crippen LogP contribution is -2.48. The van der Waals surface area contributed by atoms with Gasteiger partial charge in [0.15, 0.2) is 0 Å². The number of nitrogens with one attached hydrogen (secondary N) is 2. The third-order valence-electron chi connectivity index (χ3n) is 5.16. The lowest BCUT2D eigenvalue weighted by Gasteiger charge is -2.20. The van der Waals surface area contributed by atoms with E-state index in [4.69, 9.17) is 0 Å². The van der Waals surface area contributed by atoms with Crippen molar-refractivity contribution in [3.8, 4) is 0 Å². The normalized spacial score (nSPS) is 15.5. The molecule has 0 spiro atoms. The minimum absolute atomic E-state index is 0.0487. The van der Waals surface area contributed by atoms with Gasteiger partial charge in [0.1, 0.15) is 6.04 Å². The second-order valence-electron chi connectivity index (χ2n) is 7.93. The fraction of sp³-hybridized carbons (Fsp3) is 0.417. The lowest BCUT2D eigenvalue weighted by molar-refractivity contribution is -0.129. The lowest BCUT2D eigenvalue weighted by atomic mass is 9.97. The molecule has 2 aromatic rings. The molecule has 1 aliphatic rings. The second kappa shape index (κ2) is 10.1. The van der Waals surface area contributed by atoms with Crippen molar-refractivity contribution in [1.82, 2.24) is 10.6 Å². The van der Waals surface area contributed by atoms with Crippen molar-refractivity contribution >= 4 is 11.8 Å². The zero-order chi connectivity index (χ0) is 19.8. The standard InChI is InChI=1S/C24H30N2O2/c1-18(12-13-19-8-4-2-5-9-19)16-23(27)26-22(24(28)25-21-14-15-21)17-20-10-6-3-7-11-20/h2-11,18,21-22H,12-17H2,1H3,(H,25,28)(H,26,27). The molecule has 28 heavy (non-hydrogen) atoms. The molecule has 148 valence electrons. The van der Waals surface area contributed by atoms with Crippen LogP contribution in [0.5, 0.6) is 0 Å². The molecule has 2 amide bonds. The molecule has 0 saturated heterocycles. The second-order valence-corrected chi connectivity index (χ2v) is 7.93. The number of benzene rings is 2. The summed E-state index contributed by atoms with van der Waals surface area (Å²) >= 11 is 0. The molecule has 1 aliphatic carbocycles. The number of rotatable bonds is 10. The first-order valence-corrected chi connectivity index (χ1v) is 10.3. The zero-order valence-electron chi connectivity index (χ0n) is 16.6. The first-order chi connectivity index (χ1) is 13.6. The molecule has 3 rings (SSSR count). The number of hydrogen-bond acceptors (Lipinski definition) is 2. The van der Waals surface area contributed by atoms with Crippen LogP contribution in [-0.4, -0.2) is 23.9 Å². The first-order valence-electron chi connectivity index (χ1n) is 10.3. The van der Waals surface area contributed by atoms with Crippen LogP contribution >= 0.6 is 0 Å². The van der Waals surface area contributed by atoms with E-state index in [1.54, 1.807) is 0 Å². The molecular formula is C24H30N2O2. The predicted octanol–water partition coefficient (Wildman–Crippen LogP) is 3.65. The van der Waals surface area contributed by atoms with Gasteiger partial charge in [-0.2, -0.15) is 0 Å². The van der Waals surface area contributed by atoms with Crippen LogP contribution in [0.1, 0.15) is 43.7 Å². The third-order valence-corrected chi connectivity index (χ3v) is 5.16. The molecule has 2 atom stereocenters. The Morgan fingerprint density at radius 3 is 2.18 bits per heavy atom. The van der Waals surface area contributed by atoms with E-state index in [1.807, 2.05) is 48.5 Å². The van der Waals surface area contributed by atoms with Crippen LogP contribution in [0.4, 0.5) is 0 Å². The topological polar surface area (TPSA) is 58.2 Å². The van der Waals surface area contributed by atoms with Gasteiger partial charge in [0, 0.05) is 18.9 Å². The van der Waals surface area contributed by atoms with Gasteiger partial charge in [0.05, 0.1) is 0 Å². The van der Waals surface area contributed by atoms with E-state index >= 15 is 0 Å². The highest BCUT2D eigenvalue weighted by Crippen LogP contribution is 2.19. The molecule has 2 N–H and O–H groups in total. The largest absolute Gasteiger partial charge is 0.352 e. The number of carbonyl (C=O) groups is 2. The van der Waals surface area contributed by atoms with Gasteiger partial charge in [-0.1, -0.05) is 67.6 Å². The average Bonchev–Trinajstić information content (AvgIpc) is 3.51. The smallest absolute Gasteiger partial charge is 0.243 e. The van der Waals surface area contributed by atoms with Crippen LogP contribution in [0.2, 0.25) is 0 Å². The molecule has 0 radical (unpaired) electrons. The summed E-state index contributed by atoms with van der Waals surface area (Å²) in [5.41, 5.74) is 2.34. The minimum Gasteiger partial charge on any atom is -0.352 e. The summed E-state index contributed by atoms with van der Waals surface area (Å²) < 4.78 is 0. The molecule has 2 aromatic carbocycles. The molecule has 0 aliphatic heterocycles. The van der Waals surface area contributed by atoms with Crippen molar-refractivity contribution in [2.24, 2.45) is 5.92 Å². The van der Waals surface area contributed by atoms with Gasteiger partial charge in [-0.15, -0.1) is 0 Å². The maximum atomic E-state index is 12.6. The van der Waals surface area contributed by atoms with Gasteiger partial charge in [-0.25, -0.2) is 0 Å². The van der Waals surface area contributed by atoms with Gasteiger partial charge in [0.2, 0.25) is 11.8 Å². The predicted molar refractivity (Wildman–Crippen MR) is 112 cm³/mol. The highest BCUT2D eigenvalue weighted by atomic mass is 16.2. The Morgan fingerprint density at radius 1 is 0.964 bits per heavy atom. The Balaban J connectivity index is 1.51. The van der Waals surface area contributed by atoms with Crippen LogP contribution < -0.4 is 10.6 Å². The van der Waals surface area contributed by atoms with Gasteiger partial charge < -0.3 is 10.6 Å². The van der Waals surface area contributed by atoms with Crippen molar-refractivity contribution in [2.45, 2.75) is 57.5 Å². The Bertz CT molecular complexity index is 757. The number of amides is 2. The zero-order valence-corrected chi connectivity index (χ0v) is 16.6. The maximum Gasteiger partial charge on any atom is 0.243 e. The molecule has 4 heteroatoms. The number of hydrogen-bond donors (Lipinski definition) is 2. The van der Waals surface area contributed by atoms with Gasteiger partial charge in [0.25, 0.3) is 0 Å². The molecular weight excluding hydrogens is 348 g/mol. The Labute approximate surface area is 167 Å². The molecule has 0 heterocycles. The Morgan fingerprint density at radius 2 is 1.57 bits per heavy atom. The number of carbonyl (C=O) groups excluding carboxylic acids is 2. The fourth-order valence-corrected chi connectivity index (χ4v) is 3.32. The Hall–Kier alpha value is -2.62. The molecule has 4 nitrogen and oxygen atoms in total. The van der Waals surface area contributed by atoms with E-state index < -0.39 is 6.04 Å². The van der Waals surface area contributed by atoms with Crippen molar-refractivity contribution in [3.63, 3.8) is 0 Å². The molecule has 1 saturated carbocycles. The summed E-state index contributed by atoms with van der Waals surface area (Å²) in [6, 6.07) is 19.9. The van der Waals surface area contributed by atoms with Gasteiger partial charge >= 0.3 is 0 Å². The molecule has 2 unspecified atom stereocenters. The van der Waals surface area contributed by atoms with Crippen molar-refractivity contribution in [1.29, 1.82) is 0 Å². The monoisotopic (exact) mass is 378 g/mol. The van der Waals surface area contributed by atoms with E-state index in [-0.39, 0.29) is 23.8 Å². The quantitative estimate of drug-likeness (QED) is 0.663. The van der Waals surface area contributed by atoms with E-state index in [2.05, 4.69) is 29.7 Å². The first kappa shape index (κ1) is 20.1. The van der Waals surface area contributed by atoms with Crippen LogP contribution in [0.3, 0.4) is 0 Å². The van der Waals surface area contributed by atoms with E-state index in [0.717, 1.165) is 31.2 Å². The highest BCUT2D eigenvalue weighted by molar-refractivity contribution is 5.88. The van der Waals surface area contributed by atoms with Crippen LogP contribution in [-0.2, 0) is 22.4 Å². The summed E-state index contributed by atoms with van der Waals surface area (Å²) in [5.74, 6) is 0.146. The summed E-state index contributed by atoms with van der Waals surface area (Å²) in [6.07, 6.45) is 4.95. The molecule has 1 fully saturated rings. The van der Waals surface area contributed by atoms with E-state index in [1.165, 1.54) is 5.56 Å². The van der Waals surface area contributed by atoms with E-state index in [0.29, 0.717) is 12.8 Å². The summed E-state index contributed by atoms with van der Waals surface area (Å²) in [7, 11) is 0. The van der Waals surface area contributed by atoms with Crippen LogP contribution in [0.15, 0.2) is 60.7 Å². The summed E-state index contributed by atoms with van der Waals surface area (Å²) in [5, 5.41) is 6.00. The van der Waals surface area contributed by atoms with E-state index in [9.17, 15) is 9.59 Å². The SMILES string of the molecule is CC(CCc1ccccc1)CC(=O)NC(Cc1ccccc1)C(=O)NC1CC1. The number of aryl methyl sites for hydroxylation is 1. The average molecular weight is 379 g/mol. The summed E-state index contributed by atoms with van der Waals surface area (Å²) in [6.45, 7) is 2.10. The Kier molecular flexibility index (Phi) is 7.24.